The maximum Gasteiger partial charge on any atom is 0.243 e. The zero-order valence-corrected chi connectivity index (χ0v) is 16.4. The highest BCUT2D eigenvalue weighted by atomic mass is 32.2. The van der Waals surface area contributed by atoms with Gasteiger partial charge in [-0.3, -0.25) is 4.79 Å². The van der Waals surface area contributed by atoms with Crippen molar-refractivity contribution < 1.29 is 17.6 Å². The predicted molar refractivity (Wildman–Crippen MR) is 103 cm³/mol. The third kappa shape index (κ3) is 5.87. The second kappa shape index (κ2) is 9.62. The molecule has 5 nitrogen and oxygen atoms in total. The zero-order chi connectivity index (χ0) is 19.9. The molecule has 146 valence electrons. The number of nitrogens with zero attached hydrogens (tertiary/aromatic N) is 1. The summed E-state index contributed by atoms with van der Waals surface area (Å²) in [5.74, 6) is -0.540. The summed E-state index contributed by atoms with van der Waals surface area (Å²) in [6.45, 7) is 4.90. The lowest BCUT2D eigenvalue weighted by atomic mass is 10.1. The summed E-state index contributed by atoms with van der Waals surface area (Å²) in [4.78, 5) is 12.2. The molecule has 0 heterocycles. The minimum atomic E-state index is -3.46. The third-order valence-electron chi connectivity index (χ3n) is 4.26. The molecule has 0 saturated carbocycles. The van der Waals surface area contributed by atoms with Crippen molar-refractivity contribution in [1.82, 2.24) is 9.62 Å². The van der Waals surface area contributed by atoms with E-state index in [0.29, 0.717) is 31.6 Å². The lowest BCUT2D eigenvalue weighted by molar-refractivity contribution is -0.120. The summed E-state index contributed by atoms with van der Waals surface area (Å²) in [6.07, 6.45) is 0.708. The van der Waals surface area contributed by atoms with Crippen LogP contribution in [0.25, 0.3) is 0 Å². The molecule has 2 aromatic carbocycles. The number of hydrogen-bond donors (Lipinski definition) is 1. The van der Waals surface area contributed by atoms with E-state index in [4.69, 9.17) is 0 Å². The molecule has 27 heavy (non-hydrogen) atoms. The van der Waals surface area contributed by atoms with Crippen molar-refractivity contribution in [2.75, 3.05) is 19.6 Å². The number of hydrogen-bond acceptors (Lipinski definition) is 3. The highest BCUT2D eigenvalue weighted by molar-refractivity contribution is 7.89. The minimum Gasteiger partial charge on any atom is -0.355 e. The summed E-state index contributed by atoms with van der Waals surface area (Å²) in [5.41, 5.74) is 1.55. The number of amides is 1. The minimum absolute atomic E-state index is 0.124. The van der Waals surface area contributed by atoms with Crippen LogP contribution in [0.2, 0.25) is 0 Å². The van der Waals surface area contributed by atoms with Crippen LogP contribution in [0.4, 0.5) is 4.39 Å². The molecule has 1 amide bonds. The number of halogens is 1. The van der Waals surface area contributed by atoms with E-state index in [0.717, 1.165) is 5.56 Å². The fourth-order valence-corrected chi connectivity index (χ4v) is 4.24. The Bertz CT molecular complexity index is 863. The maximum atomic E-state index is 13.1. The molecule has 2 rings (SSSR count). The number of rotatable bonds is 9. The molecule has 0 aliphatic carbocycles. The Morgan fingerprint density at radius 1 is 1.04 bits per heavy atom. The van der Waals surface area contributed by atoms with Gasteiger partial charge in [0.05, 0.1) is 11.3 Å². The van der Waals surface area contributed by atoms with Crippen molar-refractivity contribution in [2.24, 2.45) is 0 Å². The third-order valence-corrected chi connectivity index (χ3v) is 6.32. The van der Waals surface area contributed by atoms with E-state index >= 15 is 0 Å². The molecule has 7 heteroatoms. The molecule has 0 aromatic heterocycles. The lowest BCUT2D eigenvalue weighted by Gasteiger charge is -2.18. The molecule has 0 aliphatic heterocycles. The monoisotopic (exact) mass is 392 g/mol. The van der Waals surface area contributed by atoms with Crippen molar-refractivity contribution in [1.29, 1.82) is 0 Å². The van der Waals surface area contributed by atoms with E-state index in [1.807, 2.05) is 13.8 Å². The maximum absolute atomic E-state index is 13.1. The number of carbonyl (C=O) groups is 1. The molecule has 0 unspecified atom stereocenters. The molecule has 1 N–H and O–H groups in total. The standard InChI is InChI=1S/C20H25FN2O3S/c1-3-23(4-2)27(25,26)19-10-8-16(9-11-19)12-13-22-20(24)15-17-6-5-7-18(21)14-17/h5-11,14H,3-4,12-13,15H2,1-2H3,(H,22,24). The number of carbonyl (C=O) groups excluding carboxylic acids is 1. The average molecular weight is 392 g/mol. The highest BCUT2D eigenvalue weighted by Gasteiger charge is 2.21. The SMILES string of the molecule is CCN(CC)S(=O)(=O)c1ccc(CCNC(=O)Cc2cccc(F)c2)cc1. The Hall–Kier alpha value is -2.25. The van der Waals surface area contributed by atoms with Crippen LogP contribution < -0.4 is 5.32 Å². The van der Waals surface area contributed by atoms with E-state index in [2.05, 4.69) is 5.32 Å². The van der Waals surface area contributed by atoms with Crippen LogP contribution in [0.1, 0.15) is 25.0 Å². The van der Waals surface area contributed by atoms with Gasteiger partial charge in [-0.1, -0.05) is 38.1 Å². The summed E-state index contributed by atoms with van der Waals surface area (Å²) < 4.78 is 39.4. The Labute approximate surface area is 160 Å². The van der Waals surface area contributed by atoms with Crippen molar-refractivity contribution in [3.63, 3.8) is 0 Å². The summed E-state index contributed by atoms with van der Waals surface area (Å²) in [6, 6.07) is 12.7. The van der Waals surface area contributed by atoms with E-state index in [1.165, 1.54) is 16.4 Å². The van der Waals surface area contributed by atoms with Crippen LogP contribution in [0.3, 0.4) is 0 Å². The van der Waals surface area contributed by atoms with Gasteiger partial charge in [-0.2, -0.15) is 4.31 Å². The Morgan fingerprint density at radius 3 is 2.30 bits per heavy atom. The quantitative estimate of drug-likeness (QED) is 0.714. The van der Waals surface area contributed by atoms with Gasteiger partial charge in [0, 0.05) is 19.6 Å². The average Bonchev–Trinajstić information content (AvgIpc) is 2.63. The van der Waals surface area contributed by atoms with Gasteiger partial charge >= 0.3 is 0 Å². The molecular weight excluding hydrogens is 367 g/mol. The van der Waals surface area contributed by atoms with Gasteiger partial charge in [-0.15, -0.1) is 0 Å². The Morgan fingerprint density at radius 2 is 1.70 bits per heavy atom. The molecule has 0 saturated heterocycles. The fraction of sp³-hybridized carbons (Fsp3) is 0.350. The second-order valence-corrected chi connectivity index (χ2v) is 8.08. The topological polar surface area (TPSA) is 66.5 Å². The van der Waals surface area contributed by atoms with Crippen LogP contribution in [-0.2, 0) is 27.7 Å². The zero-order valence-electron chi connectivity index (χ0n) is 15.6. The van der Waals surface area contributed by atoms with Gasteiger partial charge < -0.3 is 5.32 Å². The van der Waals surface area contributed by atoms with Crippen LogP contribution in [0, 0.1) is 5.82 Å². The Kier molecular flexibility index (Phi) is 7.50. The van der Waals surface area contributed by atoms with Crippen LogP contribution in [0.15, 0.2) is 53.4 Å². The highest BCUT2D eigenvalue weighted by Crippen LogP contribution is 2.16. The first-order valence-electron chi connectivity index (χ1n) is 8.97. The van der Waals surface area contributed by atoms with Gasteiger partial charge in [-0.25, -0.2) is 12.8 Å². The van der Waals surface area contributed by atoms with Gasteiger partial charge in [0.25, 0.3) is 0 Å². The van der Waals surface area contributed by atoms with Crippen molar-refractivity contribution >= 4 is 15.9 Å². The van der Waals surface area contributed by atoms with E-state index in [9.17, 15) is 17.6 Å². The van der Waals surface area contributed by atoms with Crippen molar-refractivity contribution in [3.05, 3.63) is 65.5 Å². The second-order valence-electron chi connectivity index (χ2n) is 6.14. The van der Waals surface area contributed by atoms with Crippen molar-refractivity contribution in [3.8, 4) is 0 Å². The number of sulfonamides is 1. The van der Waals surface area contributed by atoms with Gasteiger partial charge in [0.2, 0.25) is 15.9 Å². The van der Waals surface area contributed by atoms with Gasteiger partial charge in [-0.05, 0) is 41.8 Å². The predicted octanol–water partition coefficient (Wildman–Crippen LogP) is 2.76. The van der Waals surface area contributed by atoms with Crippen LogP contribution >= 0.6 is 0 Å². The first kappa shape index (κ1) is 21.1. The summed E-state index contributed by atoms with van der Waals surface area (Å²) in [5, 5.41) is 2.79. The molecule has 0 bridgehead atoms. The summed E-state index contributed by atoms with van der Waals surface area (Å²) >= 11 is 0. The molecule has 0 aliphatic rings. The molecule has 0 fully saturated rings. The molecule has 2 aromatic rings. The summed E-state index contributed by atoms with van der Waals surface area (Å²) in [7, 11) is -3.46. The molecular formula is C20H25FN2O3S. The van der Waals surface area contributed by atoms with Crippen LogP contribution in [0.5, 0.6) is 0 Å². The largest absolute Gasteiger partial charge is 0.355 e. The lowest BCUT2D eigenvalue weighted by Crippen LogP contribution is -2.30. The van der Waals surface area contributed by atoms with Crippen molar-refractivity contribution in [2.45, 2.75) is 31.6 Å². The van der Waals surface area contributed by atoms with Gasteiger partial charge in [0.1, 0.15) is 5.82 Å². The smallest absolute Gasteiger partial charge is 0.243 e. The number of nitrogens with one attached hydrogen (secondary N) is 1. The molecule has 0 spiro atoms. The fourth-order valence-electron chi connectivity index (χ4n) is 2.78. The van der Waals surface area contributed by atoms with E-state index in [-0.39, 0.29) is 23.0 Å². The normalized spacial score (nSPS) is 11.6. The Balaban J connectivity index is 1.87. The van der Waals surface area contributed by atoms with E-state index in [1.54, 1.807) is 36.4 Å². The van der Waals surface area contributed by atoms with E-state index < -0.39 is 10.0 Å². The van der Waals surface area contributed by atoms with Crippen LogP contribution in [-0.4, -0.2) is 38.3 Å². The molecule has 0 atom stereocenters. The van der Waals surface area contributed by atoms with Gasteiger partial charge in [0.15, 0.2) is 0 Å². The molecule has 0 radical (unpaired) electrons. The first-order valence-corrected chi connectivity index (χ1v) is 10.4. The first-order chi connectivity index (χ1) is 12.9. The number of benzene rings is 2.